The maximum absolute atomic E-state index is 11.5. The minimum absolute atomic E-state index is 0.0799. The molecule has 0 bridgehead atoms. The van der Waals surface area contributed by atoms with E-state index in [0.29, 0.717) is 13.0 Å². The molecule has 3 N–H and O–H groups in total. The summed E-state index contributed by atoms with van der Waals surface area (Å²) in [4.78, 5) is 26.5. The van der Waals surface area contributed by atoms with Crippen LogP contribution in [0.1, 0.15) is 19.7 Å². The summed E-state index contributed by atoms with van der Waals surface area (Å²) in [6.45, 7) is 3.65. The highest BCUT2D eigenvalue weighted by atomic mass is 16.4. The maximum Gasteiger partial charge on any atom is 0.314 e. The van der Waals surface area contributed by atoms with Crippen LogP contribution in [0.25, 0.3) is 0 Å². The van der Waals surface area contributed by atoms with Crippen molar-refractivity contribution in [3.8, 4) is 0 Å². The fourth-order valence-electron chi connectivity index (χ4n) is 1.36. The van der Waals surface area contributed by atoms with Crippen LogP contribution < -0.4 is 10.6 Å². The van der Waals surface area contributed by atoms with E-state index in [1.54, 1.807) is 20.0 Å². The van der Waals surface area contributed by atoms with Gasteiger partial charge in [0.15, 0.2) is 0 Å². The number of nitrogens with one attached hydrogen (secondary N) is 2. The first-order chi connectivity index (χ1) is 8.83. The molecule has 7 heteroatoms. The van der Waals surface area contributed by atoms with E-state index in [0.717, 1.165) is 5.82 Å². The standard InChI is InChI=1S/C12H20N4O3/c1-12(2,10(17)18)8-15-11(19)14-5-4-9-13-6-7-16(9)3/h6-7H,4-5,8H2,1-3H3,(H,17,18)(H2,14,15,19). The normalized spacial score (nSPS) is 11.1. The SMILES string of the molecule is Cn1ccnc1CCNC(=O)NCC(C)(C)C(=O)O. The second kappa shape index (κ2) is 6.21. The molecule has 0 atom stereocenters. The lowest BCUT2D eigenvalue weighted by atomic mass is 9.94. The Balaban J connectivity index is 2.26. The highest BCUT2D eigenvalue weighted by Crippen LogP contribution is 2.12. The van der Waals surface area contributed by atoms with Crippen molar-refractivity contribution in [2.45, 2.75) is 20.3 Å². The van der Waals surface area contributed by atoms with Gasteiger partial charge in [-0.1, -0.05) is 0 Å². The molecular formula is C12H20N4O3. The number of rotatable bonds is 6. The predicted octanol–water partition coefficient (Wildman–Crippen LogP) is 0.373. The van der Waals surface area contributed by atoms with Crippen LogP contribution in [0.3, 0.4) is 0 Å². The van der Waals surface area contributed by atoms with Crippen molar-refractivity contribution in [2.24, 2.45) is 12.5 Å². The van der Waals surface area contributed by atoms with E-state index in [1.165, 1.54) is 0 Å². The minimum Gasteiger partial charge on any atom is -0.481 e. The molecule has 1 rings (SSSR count). The fourth-order valence-corrected chi connectivity index (χ4v) is 1.36. The van der Waals surface area contributed by atoms with E-state index in [-0.39, 0.29) is 12.6 Å². The van der Waals surface area contributed by atoms with Crippen molar-refractivity contribution in [1.29, 1.82) is 0 Å². The van der Waals surface area contributed by atoms with Crippen molar-refractivity contribution >= 4 is 12.0 Å². The molecule has 0 aromatic carbocycles. The van der Waals surface area contributed by atoms with Crippen LogP contribution >= 0.6 is 0 Å². The van der Waals surface area contributed by atoms with Crippen molar-refractivity contribution in [1.82, 2.24) is 20.2 Å². The van der Waals surface area contributed by atoms with Gasteiger partial charge in [-0.2, -0.15) is 0 Å². The third-order valence-electron chi connectivity index (χ3n) is 2.82. The summed E-state index contributed by atoms with van der Waals surface area (Å²) >= 11 is 0. The van der Waals surface area contributed by atoms with Crippen LogP contribution in [0.5, 0.6) is 0 Å². The topological polar surface area (TPSA) is 96.3 Å². The first-order valence-electron chi connectivity index (χ1n) is 6.04. The van der Waals surface area contributed by atoms with Gasteiger partial charge < -0.3 is 20.3 Å². The lowest BCUT2D eigenvalue weighted by molar-refractivity contribution is -0.146. The van der Waals surface area contributed by atoms with Gasteiger partial charge in [-0.25, -0.2) is 9.78 Å². The molecule has 0 aliphatic heterocycles. The summed E-state index contributed by atoms with van der Waals surface area (Å²) in [5.41, 5.74) is -0.975. The molecule has 19 heavy (non-hydrogen) atoms. The Morgan fingerprint density at radius 2 is 2.11 bits per heavy atom. The fraction of sp³-hybridized carbons (Fsp3) is 0.583. The molecule has 0 spiro atoms. The molecule has 0 saturated carbocycles. The van der Waals surface area contributed by atoms with E-state index in [2.05, 4.69) is 15.6 Å². The Bertz CT molecular complexity index is 454. The van der Waals surface area contributed by atoms with Crippen LogP contribution in [0, 0.1) is 5.41 Å². The molecule has 1 aromatic rings. The molecule has 1 aromatic heterocycles. The largest absolute Gasteiger partial charge is 0.481 e. The maximum atomic E-state index is 11.5. The molecule has 106 valence electrons. The Morgan fingerprint density at radius 3 is 2.63 bits per heavy atom. The quantitative estimate of drug-likeness (QED) is 0.694. The highest BCUT2D eigenvalue weighted by Gasteiger charge is 2.27. The Morgan fingerprint density at radius 1 is 1.42 bits per heavy atom. The number of nitrogens with zero attached hydrogens (tertiary/aromatic N) is 2. The summed E-state index contributed by atoms with van der Waals surface area (Å²) in [7, 11) is 1.89. The lowest BCUT2D eigenvalue weighted by Crippen LogP contribution is -2.44. The van der Waals surface area contributed by atoms with Gasteiger partial charge in [0, 0.05) is 39.0 Å². The van der Waals surface area contributed by atoms with Gasteiger partial charge in [0.1, 0.15) is 5.82 Å². The Hall–Kier alpha value is -2.05. The lowest BCUT2D eigenvalue weighted by Gasteiger charge is -2.19. The number of imidazole rings is 1. The van der Waals surface area contributed by atoms with E-state index in [4.69, 9.17) is 5.11 Å². The molecule has 2 amide bonds. The number of aliphatic carboxylic acids is 1. The van der Waals surface area contributed by atoms with E-state index >= 15 is 0 Å². The van der Waals surface area contributed by atoms with Gasteiger partial charge >= 0.3 is 12.0 Å². The molecule has 0 radical (unpaired) electrons. The van der Waals surface area contributed by atoms with Crippen molar-refractivity contribution < 1.29 is 14.7 Å². The summed E-state index contributed by atoms with van der Waals surface area (Å²) in [5, 5.41) is 14.1. The van der Waals surface area contributed by atoms with Crippen LogP contribution in [0.4, 0.5) is 4.79 Å². The van der Waals surface area contributed by atoms with Gasteiger partial charge in [-0.3, -0.25) is 4.79 Å². The average Bonchev–Trinajstić information content (AvgIpc) is 2.72. The van der Waals surface area contributed by atoms with Crippen LogP contribution in [-0.4, -0.2) is 39.7 Å². The number of hydrogen-bond donors (Lipinski definition) is 3. The van der Waals surface area contributed by atoms with Crippen molar-refractivity contribution in [2.75, 3.05) is 13.1 Å². The van der Waals surface area contributed by atoms with Gasteiger partial charge in [0.05, 0.1) is 5.41 Å². The highest BCUT2D eigenvalue weighted by molar-refractivity contribution is 5.77. The molecule has 0 saturated heterocycles. The van der Waals surface area contributed by atoms with E-state index < -0.39 is 11.4 Å². The zero-order valence-electron chi connectivity index (χ0n) is 11.4. The first kappa shape index (κ1) is 15.0. The number of aryl methyl sites for hydroxylation is 1. The van der Waals surface area contributed by atoms with E-state index in [1.807, 2.05) is 17.8 Å². The first-order valence-corrected chi connectivity index (χ1v) is 6.04. The molecular weight excluding hydrogens is 248 g/mol. The number of urea groups is 1. The van der Waals surface area contributed by atoms with Crippen LogP contribution in [0.2, 0.25) is 0 Å². The van der Waals surface area contributed by atoms with Gasteiger partial charge in [-0.15, -0.1) is 0 Å². The summed E-state index contributed by atoms with van der Waals surface area (Å²) in [6.07, 6.45) is 4.16. The molecule has 0 unspecified atom stereocenters. The van der Waals surface area contributed by atoms with Gasteiger partial charge in [0.25, 0.3) is 0 Å². The number of hydrogen-bond acceptors (Lipinski definition) is 3. The van der Waals surface area contributed by atoms with Crippen LogP contribution in [0.15, 0.2) is 12.4 Å². The summed E-state index contributed by atoms with van der Waals surface area (Å²) in [5.74, 6) is -0.0630. The number of aromatic nitrogens is 2. The zero-order chi connectivity index (χ0) is 14.5. The average molecular weight is 268 g/mol. The van der Waals surface area contributed by atoms with Crippen LogP contribution in [-0.2, 0) is 18.3 Å². The molecule has 0 aliphatic carbocycles. The number of carboxylic acid groups (broad SMARTS) is 1. The molecule has 0 aliphatic rings. The zero-order valence-corrected chi connectivity index (χ0v) is 11.4. The number of carboxylic acids is 1. The second-order valence-corrected chi connectivity index (χ2v) is 5.00. The second-order valence-electron chi connectivity index (χ2n) is 5.00. The minimum atomic E-state index is -0.975. The van der Waals surface area contributed by atoms with E-state index in [9.17, 15) is 9.59 Å². The monoisotopic (exact) mass is 268 g/mol. The molecule has 1 heterocycles. The number of carbonyl (C=O) groups is 2. The van der Waals surface area contributed by atoms with Gasteiger partial charge in [0.2, 0.25) is 0 Å². The van der Waals surface area contributed by atoms with Crippen molar-refractivity contribution in [3.05, 3.63) is 18.2 Å². The third kappa shape index (κ3) is 4.61. The number of amides is 2. The Kier molecular flexibility index (Phi) is 4.91. The predicted molar refractivity (Wildman–Crippen MR) is 69.7 cm³/mol. The third-order valence-corrected chi connectivity index (χ3v) is 2.82. The van der Waals surface area contributed by atoms with Crippen molar-refractivity contribution in [3.63, 3.8) is 0 Å². The van der Waals surface area contributed by atoms with Gasteiger partial charge in [-0.05, 0) is 13.8 Å². The Labute approximate surface area is 112 Å². The molecule has 7 nitrogen and oxygen atoms in total. The summed E-state index contributed by atoms with van der Waals surface area (Å²) in [6, 6.07) is -0.372. The number of carbonyl (C=O) groups excluding carboxylic acids is 1. The molecule has 0 fully saturated rings. The smallest absolute Gasteiger partial charge is 0.314 e. The summed E-state index contributed by atoms with van der Waals surface area (Å²) < 4.78 is 1.88.